The van der Waals surface area contributed by atoms with E-state index in [0.29, 0.717) is 6.20 Å². The van der Waals surface area contributed by atoms with E-state index in [-0.39, 0.29) is 11.0 Å². The highest BCUT2D eigenvalue weighted by molar-refractivity contribution is 9.08. The van der Waals surface area contributed by atoms with Crippen LogP contribution in [-0.2, 0) is 5.33 Å². The average Bonchev–Trinajstić information content (AvgIpc) is 2.09. The largest absolute Gasteiger partial charge is 0.268 e. The molecule has 0 amide bonds. The molecule has 0 saturated heterocycles. The number of nitrogens with zero attached hydrogens (tertiary/aromatic N) is 1. The van der Waals surface area contributed by atoms with Crippen molar-refractivity contribution in [1.29, 1.82) is 0 Å². The second-order valence-electron chi connectivity index (χ2n) is 2.22. The highest BCUT2D eigenvalue weighted by Crippen LogP contribution is 2.24. The monoisotopic (exact) mass is 257 g/mol. The van der Waals surface area contributed by atoms with Gasteiger partial charge in [-0.3, -0.25) is 4.98 Å². The molecule has 1 nitrogen and oxygen atoms in total. The van der Waals surface area contributed by atoms with Gasteiger partial charge in [0.25, 0.3) is 6.43 Å². The Bertz CT molecular complexity index is 316. The highest BCUT2D eigenvalue weighted by atomic mass is 79.9. The molecule has 1 heterocycles. The minimum absolute atomic E-state index is 0.0146. The van der Waals surface area contributed by atoms with Gasteiger partial charge < -0.3 is 0 Å². The maximum Gasteiger partial charge on any atom is 0.268 e. The summed E-state index contributed by atoms with van der Waals surface area (Å²) in [5.41, 5.74) is -1.23. The van der Waals surface area contributed by atoms with Gasteiger partial charge in [-0.2, -0.15) is 0 Å². The van der Waals surface area contributed by atoms with Gasteiger partial charge >= 0.3 is 0 Å². The van der Waals surface area contributed by atoms with Gasteiger partial charge in [0.2, 0.25) is 0 Å². The summed E-state index contributed by atoms with van der Waals surface area (Å²) in [5.74, 6) is -2.85. The summed E-state index contributed by atoms with van der Waals surface area (Å²) in [4.78, 5) is 3.34. The van der Waals surface area contributed by atoms with Crippen molar-refractivity contribution in [2.24, 2.45) is 0 Å². The lowest BCUT2D eigenvalue weighted by molar-refractivity contribution is 0.144. The lowest BCUT2D eigenvalue weighted by Gasteiger charge is -2.04. The normalized spacial score (nSPS) is 10.9. The topological polar surface area (TPSA) is 12.9 Å². The molecular formula is C7H4BrF4N. The van der Waals surface area contributed by atoms with E-state index in [1.807, 2.05) is 0 Å². The van der Waals surface area contributed by atoms with E-state index in [9.17, 15) is 17.6 Å². The number of aromatic nitrogens is 1. The Hall–Kier alpha value is -0.650. The van der Waals surface area contributed by atoms with Crippen LogP contribution in [0.2, 0.25) is 0 Å². The maximum absolute atomic E-state index is 12.8. The summed E-state index contributed by atoms with van der Waals surface area (Å²) in [6.45, 7) is 0. The molecule has 0 N–H and O–H groups in total. The molecule has 0 saturated carbocycles. The molecule has 0 aromatic carbocycles. The van der Waals surface area contributed by atoms with E-state index in [1.54, 1.807) is 0 Å². The predicted molar refractivity (Wildman–Crippen MR) is 41.7 cm³/mol. The molecule has 1 rings (SSSR count). The van der Waals surface area contributed by atoms with E-state index in [4.69, 9.17) is 0 Å². The fourth-order valence-electron chi connectivity index (χ4n) is 0.760. The Morgan fingerprint density at radius 2 is 1.92 bits per heavy atom. The Morgan fingerprint density at radius 1 is 1.31 bits per heavy atom. The van der Waals surface area contributed by atoms with Gasteiger partial charge in [0.1, 0.15) is 0 Å². The number of hydrogen-bond acceptors (Lipinski definition) is 1. The third-order valence-corrected chi connectivity index (χ3v) is 1.95. The minimum atomic E-state index is -3.05. The zero-order valence-corrected chi connectivity index (χ0v) is 7.78. The molecule has 0 aliphatic carbocycles. The third-order valence-electron chi connectivity index (χ3n) is 1.42. The number of pyridine rings is 1. The van der Waals surface area contributed by atoms with Crippen molar-refractivity contribution < 1.29 is 17.6 Å². The van der Waals surface area contributed by atoms with Crippen molar-refractivity contribution >= 4 is 15.9 Å². The first-order valence-electron chi connectivity index (χ1n) is 3.24. The lowest BCUT2D eigenvalue weighted by atomic mass is 10.2. The van der Waals surface area contributed by atoms with Crippen molar-refractivity contribution in [3.05, 3.63) is 29.1 Å². The Balaban J connectivity index is 3.23. The van der Waals surface area contributed by atoms with Crippen molar-refractivity contribution in [1.82, 2.24) is 4.98 Å². The predicted octanol–water partition coefficient (Wildman–Crippen LogP) is 3.19. The van der Waals surface area contributed by atoms with Gasteiger partial charge in [-0.25, -0.2) is 17.6 Å². The van der Waals surface area contributed by atoms with E-state index in [2.05, 4.69) is 20.9 Å². The minimum Gasteiger partial charge on any atom is -0.257 e. The summed E-state index contributed by atoms with van der Waals surface area (Å²) >= 11 is 2.85. The Labute approximate surface area is 79.9 Å². The average molecular weight is 258 g/mol. The quantitative estimate of drug-likeness (QED) is 0.586. The van der Waals surface area contributed by atoms with Crippen LogP contribution in [0.4, 0.5) is 17.6 Å². The molecule has 0 atom stereocenters. The molecule has 0 aliphatic heterocycles. The van der Waals surface area contributed by atoms with E-state index in [1.165, 1.54) is 0 Å². The summed E-state index contributed by atoms with van der Waals surface area (Å²) in [7, 11) is 0. The van der Waals surface area contributed by atoms with Gasteiger partial charge in [-0.05, 0) is 0 Å². The van der Waals surface area contributed by atoms with E-state index >= 15 is 0 Å². The molecule has 0 radical (unpaired) electrons. The Morgan fingerprint density at radius 3 is 2.38 bits per heavy atom. The summed E-state index contributed by atoms with van der Waals surface area (Å²) < 4.78 is 49.6. The fourth-order valence-corrected chi connectivity index (χ4v) is 1.15. The molecular weight excluding hydrogens is 254 g/mol. The number of alkyl halides is 3. The molecule has 72 valence electrons. The van der Waals surface area contributed by atoms with Crippen LogP contribution in [0.3, 0.4) is 0 Å². The van der Waals surface area contributed by atoms with Crippen molar-refractivity contribution in [3.8, 4) is 0 Å². The second kappa shape index (κ2) is 4.04. The fraction of sp³-hybridized carbons (Fsp3) is 0.286. The Kier molecular flexibility index (Phi) is 3.24. The van der Waals surface area contributed by atoms with Crippen LogP contribution in [0.25, 0.3) is 0 Å². The highest BCUT2D eigenvalue weighted by Gasteiger charge is 2.19. The van der Waals surface area contributed by atoms with Crippen LogP contribution in [-0.4, -0.2) is 4.98 Å². The van der Waals surface area contributed by atoms with Crippen LogP contribution >= 0.6 is 15.9 Å². The molecule has 1 aromatic heterocycles. The SMILES string of the molecule is Fc1c(C(F)F)cnc(CBr)c1F. The third kappa shape index (κ3) is 1.99. The first-order chi connectivity index (χ1) is 6.07. The first-order valence-corrected chi connectivity index (χ1v) is 4.37. The van der Waals surface area contributed by atoms with Gasteiger partial charge in [-0.1, -0.05) is 15.9 Å². The lowest BCUT2D eigenvalue weighted by Crippen LogP contribution is -2.01. The maximum atomic E-state index is 12.8. The van der Waals surface area contributed by atoms with Crippen LogP contribution in [0.5, 0.6) is 0 Å². The van der Waals surface area contributed by atoms with Gasteiger partial charge in [0.05, 0.1) is 11.3 Å². The van der Waals surface area contributed by atoms with Crippen molar-refractivity contribution in [2.45, 2.75) is 11.8 Å². The van der Waals surface area contributed by atoms with Gasteiger partial charge in [0, 0.05) is 11.5 Å². The van der Waals surface area contributed by atoms with Gasteiger partial charge in [0.15, 0.2) is 11.6 Å². The molecule has 0 fully saturated rings. The van der Waals surface area contributed by atoms with Crippen molar-refractivity contribution in [3.63, 3.8) is 0 Å². The molecule has 0 aliphatic rings. The summed E-state index contributed by atoms with van der Waals surface area (Å²) in [5, 5.41) is -0.0146. The molecule has 13 heavy (non-hydrogen) atoms. The van der Waals surface area contributed by atoms with E-state index in [0.717, 1.165) is 0 Å². The number of rotatable bonds is 2. The van der Waals surface area contributed by atoms with Crippen molar-refractivity contribution in [2.75, 3.05) is 0 Å². The summed E-state index contributed by atoms with van der Waals surface area (Å²) in [6.07, 6.45) is -2.41. The zero-order valence-electron chi connectivity index (χ0n) is 6.20. The molecule has 0 bridgehead atoms. The van der Waals surface area contributed by atoms with Crippen LogP contribution < -0.4 is 0 Å². The second-order valence-corrected chi connectivity index (χ2v) is 2.78. The number of halogens is 5. The zero-order chi connectivity index (χ0) is 10.0. The smallest absolute Gasteiger partial charge is 0.257 e. The van der Waals surface area contributed by atoms with Crippen LogP contribution in [0.1, 0.15) is 17.7 Å². The first kappa shape index (κ1) is 10.4. The number of hydrogen-bond donors (Lipinski definition) is 0. The van der Waals surface area contributed by atoms with E-state index < -0.39 is 23.6 Å². The standard InChI is InChI=1S/C7H4BrF4N/c8-1-4-6(10)5(9)3(2-13-4)7(11)12/h2,7H,1H2. The molecule has 1 aromatic rings. The van der Waals surface area contributed by atoms with Crippen LogP contribution in [0.15, 0.2) is 6.20 Å². The summed E-state index contributed by atoms with van der Waals surface area (Å²) in [6, 6.07) is 0. The van der Waals surface area contributed by atoms with Gasteiger partial charge in [-0.15, -0.1) is 0 Å². The van der Waals surface area contributed by atoms with Crippen LogP contribution in [0, 0.1) is 11.6 Å². The molecule has 0 spiro atoms. The molecule has 6 heteroatoms. The molecule has 0 unspecified atom stereocenters.